The zero-order chi connectivity index (χ0) is 20.5. The summed E-state index contributed by atoms with van der Waals surface area (Å²) >= 11 is 3.35. The molecule has 1 N–H and O–H groups in total. The number of sulfonamides is 1. The predicted molar refractivity (Wildman–Crippen MR) is 99.7 cm³/mol. The summed E-state index contributed by atoms with van der Waals surface area (Å²) in [5.41, 5.74) is -0.275. The van der Waals surface area contributed by atoms with Gasteiger partial charge in [0.1, 0.15) is 12.3 Å². The Balaban J connectivity index is 2.00. The van der Waals surface area contributed by atoms with Crippen LogP contribution >= 0.6 is 15.9 Å². The van der Waals surface area contributed by atoms with Gasteiger partial charge in [-0.2, -0.15) is 13.1 Å². The lowest BCUT2D eigenvalue weighted by Crippen LogP contribution is -2.43. The SMILES string of the molecule is O=C(O)CN(C1(c2cccc(Br)c2)CC1)S(=O)(=O)c1ccc(OC(F)F)cc1. The molecule has 0 heterocycles. The van der Waals surface area contributed by atoms with Crippen LogP contribution in [0.2, 0.25) is 0 Å². The number of hydrogen-bond acceptors (Lipinski definition) is 4. The van der Waals surface area contributed by atoms with Crippen molar-refractivity contribution in [2.75, 3.05) is 6.54 Å². The van der Waals surface area contributed by atoms with Gasteiger partial charge in [0, 0.05) is 4.47 Å². The summed E-state index contributed by atoms with van der Waals surface area (Å²) in [4.78, 5) is 11.2. The van der Waals surface area contributed by atoms with Crippen molar-refractivity contribution in [1.82, 2.24) is 4.31 Å². The molecule has 150 valence electrons. The van der Waals surface area contributed by atoms with Crippen molar-refractivity contribution < 1.29 is 31.8 Å². The number of carboxylic acids is 1. The number of benzene rings is 2. The van der Waals surface area contributed by atoms with Crippen LogP contribution in [0.3, 0.4) is 0 Å². The second-order valence-electron chi connectivity index (χ2n) is 6.30. The van der Waals surface area contributed by atoms with Crippen LogP contribution in [0.25, 0.3) is 0 Å². The van der Waals surface area contributed by atoms with Gasteiger partial charge in [-0.1, -0.05) is 28.1 Å². The lowest BCUT2D eigenvalue weighted by atomic mass is 10.1. The van der Waals surface area contributed by atoms with Crippen molar-refractivity contribution in [2.45, 2.75) is 29.9 Å². The maximum atomic E-state index is 13.2. The Labute approximate surface area is 168 Å². The summed E-state index contributed by atoms with van der Waals surface area (Å²) < 4.78 is 56.9. The summed E-state index contributed by atoms with van der Waals surface area (Å²) in [6.07, 6.45) is 0.949. The summed E-state index contributed by atoms with van der Waals surface area (Å²) in [5, 5.41) is 9.31. The van der Waals surface area contributed by atoms with Crippen molar-refractivity contribution >= 4 is 31.9 Å². The third-order valence-electron chi connectivity index (χ3n) is 4.48. The molecule has 10 heteroatoms. The third kappa shape index (κ3) is 4.18. The molecule has 0 aromatic heterocycles. The average Bonchev–Trinajstić information content (AvgIpc) is 3.41. The van der Waals surface area contributed by atoms with E-state index in [4.69, 9.17) is 0 Å². The lowest BCUT2D eigenvalue weighted by molar-refractivity contribution is -0.137. The number of carbonyl (C=O) groups is 1. The van der Waals surface area contributed by atoms with Gasteiger partial charge in [-0.3, -0.25) is 4.79 Å². The zero-order valence-corrected chi connectivity index (χ0v) is 16.8. The van der Waals surface area contributed by atoms with Gasteiger partial charge in [0.25, 0.3) is 0 Å². The van der Waals surface area contributed by atoms with Crippen LogP contribution in [0.4, 0.5) is 8.78 Å². The number of hydrogen-bond donors (Lipinski definition) is 1. The number of nitrogens with zero attached hydrogens (tertiary/aromatic N) is 1. The Bertz CT molecular complexity index is 978. The summed E-state index contributed by atoms with van der Waals surface area (Å²) in [5.74, 6) is -1.48. The molecule has 0 radical (unpaired) electrons. The lowest BCUT2D eigenvalue weighted by Gasteiger charge is -2.30. The molecule has 0 amide bonds. The first-order valence-corrected chi connectivity index (χ1v) is 10.4. The Morgan fingerprint density at radius 3 is 2.36 bits per heavy atom. The molecule has 0 unspecified atom stereocenters. The fourth-order valence-corrected chi connectivity index (χ4v) is 5.25. The van der Waals surface area contributed by atoms with Crippen LogP contribution < -0.4 is 4.74 Å². The minimum atomic E-state index is -4.20. The molecule has 28 heavy (non-hydrogen) atoms. The van der Waals surface area contributed by atoms with E-state index in [-0.39, 0.29) is 10.6 Å². The highest BCUT2D eigenvalue weighted by atomic mass is 79.9. The highest BCUT2D eigenvalue weighted by Gasteiger charge is 2.55. The number of halogens is 3. The van der Waals surface area contributed by atoms with E-state index in [9.17, 15) is 27.1 Å². The summed E-state index contributed by atoms with van der Waals surface area (Å²) in [6.45, 7) is -3.75. The first-order valence-electron chi connectivity index (χ1n) is 8.21. The van der Waals surface area contributed by atoms with Crippen LogP contribution in [0, 0.1) is 0 Å². The summed E-state index contributed by atoms with van der Waals surface area (Å²) in [7, 11) is -4.20. The molecule has 2 aromatic carbocycles. The Morgan fingerprint density at radius 2 is 1.86 bits per heavy atom. The molecule has 0 spiro atoms. The normalized spacial score (nSPS) is 15.6. The van der Waals surface area contributed by atoms with E-state index >= 15 is 0 Å². The molecule has 0 aliphatic heterocycles. The van der Waals surface area contributed by atoms with Crippen LogP contribution in [-0.2, 0) is 20.4 Å². The number of carboxylic acid groups (broad SMARTS) is 1. The van der Waals surface area contributed by atoms with Gasteiger partial charge in [-0.15, -0.1) is 0 Å². The van der Waals surface area contributed by atoms with E-state index in [1.807, 2.05) is 0 Å². The van der Waals surface area contributed by atoms with Crippen molar-refractivity contribution in [3.63, 3.8) is 0 Å². The minimum absolute atomic E-state index is 0.188. The molecule has 6 nitrogen and oxygen atoms in total. The first-order chi connectivity index (χ1) is 13.1. The molecule has 3 rings (SSSR count). The van der Waals surface area contributed by atoms with Crippen molar-refractivity contribution in [1.29, 1.82) is 0 Å². The van der Waals surface area contributed by atoms with Crippen LogP contribution in [0.5, 0.6) is 5.75 Å². The van der Waals surface area contributed by atoms with E-state index in [1.165, 1.54) is 0 Å². The van der Waals surface area contributed by atoms with E-state index in [1.54, 1.807) is 24.3 Å². The van der Waals surface area contributed by atoms with Gasteiger partial charge in [0.2, 0.25) is 10.0 Å². The van der Waals surface area contributed by atoms with Gasteiger partial charge < -0.3 is 9.84 Å². The number of alkyl halides is 2. The highest BCUT2D eigenvalue weighted by molar-refractivity contribution is 9.10. The Kier molecular flexibility index (Phi) is 5.74. The molecule has 0 bridgehead atoms. The second kappa shape index (κ2) is 7.76. The van der Waals surface area contributed by atoms with Gasteiger partial charge in [0.05, 0.1) is 10.4 Å². The number of rotatable bonds is 8. The van der Waals surface area contributed by atoms with Gasteiger partial charge in [-0.25, -0.2) is 8.42 Å². The topological polar surface area (TPSA) is 83.9 Å². The smallest absolute Gasteiger partial charge is 0.387 e. The molecule has 0 atom stereocenters. The zero-order valence-electron chi connectivity index (χ0n) is 14.4. The Hall–Kier alpha value is -2.04. The van der Waals surface area contributed by atoms with Crippen molar-refractivity contribution in [3.8, 4) is 5.75 Å². The fraction of sp³-hybridized carbons (Fsp3) is 0.278. The largest absolute Gasteiger partial charge is 0.480 e. The molecule has 1 fully saturated rings. The molecular weight excluding hydrogens is 460 g/mol. The Morgan fingerprint density at radius 1 is 1.21 bits per heavy atom. The number of aliphatic carboxylic acids is 1. The standard InChI is InChI=1S/C18H16BrF2NO5S/c19-13-3-1-2-12(10-13)18(8-9-18)22(11-16(23)24)28(25,26)15-6-4-14(5-7-15)27-17(20)21/h1-7,10,17H,8-9,11H2,(H,23,24). The maximum absolute atomic E-state index is 13.2. The average molecular weight is 476 g/mol. The van der Waals surface area contributed by atoms with E-state index in [0.29, 0.717) is 18.4 Å². The monoisotopic (exact) mass is 475 g/mol. The van der Waals surface area contributed by atoms with Crippen LogP contribution in [0.15, 0.2) is 57.9 Å². The minimum Gasteiger partial charge on any atom is -0.480 e. The molecule has 2 aromatic rings. The van der Waals surface area contributed by atoms with Gasteiger partial charge in [-0.05, 0) is 54.8 Å². The third-order valence-corrected chi connectivity index (χ3v) is 6.90. The molecule has 1 saturated carbocycles. The quantitative estimate of drug-likeness (QED) is 0.627. The maximum Gasteiger partial charge on any atom is 0.387 e. The van der Waals surface area contributed by atoms with Crippen LogP contribution in [0.1, 0.15) is 18.4 Å². The molecule has 1 aliphatic carbocycles. The van der Waals surface area contributed by atoms with Gasteiger partial charge in [0.15, 0.2) is 0 Å². The summed E-state index contributed by atoms with van der Waals surface area (Å²) in [6, 6.07) is 11.5. The predicted octanol–water partition coefficient (Wildman–Crippen LogP) is 3.82. The van der Waals surface area contributed by atoms with Crippen molar-refractivity contribution in [2.24, 2.45) is 0 Å². The van der Waals surface area contributed by atoms with Gasteiger partial charge >= 0.3 is 12.6 Å². The van der Waals surface area contributed by atoms with E-state index in [2.05, 4.69) is 20.7 Å². The fourth-order valence-electron chi connectivity index (χ4n) is 3.09. The highest BCUT2D eigenvalue weighted by Crippen LogP contribution is 2.53. The van der Waals surface area contributed by atoms with Crippen molar-refractivity contribution in [3.05, 3.63) is 58.6 Å². The van der Waals surface area contributed by atoms with E-state index < -0.39 is 34.7 Å². The van der Waals surface area contributed by atoms with Crippen LogP contribution in [-0.4, -0.2) is 37.0 Å². The second-order valence-corrected chi connectivity index (χ2v) is 9.08. The molecular formula is C18H16BrF2NO5S. The molecule has 1 aliphatic rings. The first kappa shape index (κ1) is 20.7. The van der Waals surface area contributed by atoms with E-state index in [0.717, 1.165) is 33.0 Å². The molecule has 0 saturated heterocycles. The number of ether oxygens (including phenoxy) is 1.